The van der Waals surface area contributed by atoms with E-state index in [1.54, 1.807) is 11.7 Å². The molecule has 0 N–H and O–H groups in total. The van der Waals surface area contributed by atoms with Gasteiger partial charge in [-0.3, -0.25) is 13.8 Å². The first-order valence-electron chi connectivity index (χ1n) is 9.57. The Morgan fingerprint density at radius 3 is 2.97 bits per heavy atom. The maximum Gasteiger partial charge on any atom is 0.262 e. The first-order valence-corrected chi connectivity index (χ1v) is 10.6. The number of nitrogens with zero attached hydrogens (tertiary/aromatic N) is 6. The Balaban J connectivity index is 1.52. The molecule has 4 aromatic rings. The summed E-state index contributed by atoms with van der Waals surface area (Å²) in [5.41, 5.74) is 0.718. The van der Waals surface area contributed by atoms with Crippen molar-refractivity contribution in [3.63, 3.8) is 0 Å². The van der Waals surface area contributed by atoms with Crippen LogP contribution in [0, 0.1) is 0 Å². The predicted molar refractivity (Wildman–Crippen MR) is 107 cm³/mol. The van der Waals surface area contributed by atoms with Gasteiger partial charge >= 0.3 is 0 Å². The molecular formula is C19H20N6O3S. The van der Waals surface area contributed by atoms with E-state index in [4.69, 9.17) is 9.26 Å². The highest BCUT2D eigenvalue weighted by molar-refractivity contribution is 7.98. The van der Waals surface area contributed by atoms with Crippen LogP contribution in [0.15, 0.2) is 38.7 Å². The van der Waals surface area contributed by atoms with Crippen LogP contribution < -0.4 is 5.56 Å². The molecule has 0 amide bonds. The summed E-state index contributed by atoms with van der Waals surface area (Å²) in [4.78, 5) is 17.5. The molecule has 0 aliphatic heterocycles. The molecule has 0 atom stereocenters. The third-order valence-corrected chi connectivity index (χ3v) is 5.87. The molecule has 5 rings (SSSR count). The van der Waals surface area contributed by atoms with Gasteiger partial charge in [0.25, 0.3) is 5.56 Å². The van der Waals surface area contributed by atoms with Crippen molar-refractivity contribution in [1.29, 1.82) is 0 Å². The van der Waals surface area contributed by atoms with E-state index in [0.29, 0.717) is 53.4 Å². The van der Waals surface area contributed by atoms with Crippen molar-refractivity contribution in [2.75, 3.05) is 13.7 Å². The second kappa shape index (κ2) is 7.60. The minimum atomic E-state index is -0.0691. The van der Waals surface area contributed by atoms with Crippen LogP contribution in [-0.4, -0.2) is 43.0 Å². The maximum absolute atomic E-state index is 13.0. The van der Waals surface area contributed by atoms with Gasteiger partial charge < -0.3 is 9.26 Å². The number of methoxy groups -OCH3 is 1. The highest BCUT2D eigenvalue weighted by Crippen LogP contribution is 2.39. The summed E-state index contributed by atoms with van der Waals surface area (Å²) in [7, 11) is 1.65. The molecule has 1 aliphatic rings. The van der Waals surface area contributed by atoms with E-state index in [9.17, 15) is 4.79 Å². The molecule has 0 saturated heterocycles. The second-order valence-electron chi connectivity index (χ2n) is 7.05. The number of aryl methyl sites for hydroxylation is 1. The summed E-state index contributed by atoms with van der Waals surface area (Å²) in [6, 6.07) is 7.52. The van der Waals surface area contributed by atoms with Crippen LogP contribution in [0.1, 0.15) is 36.9 Å². The molecule has 29 heavy (non-hydrogen) atoms. The van der Waals surface area contributed by atoms with Crippen LogP contribution in [-0.2, 0) is 17.0 Å². The summed E-state index contributed by atoms with van der Waals surface area (Å²) in [5, 5.41) is 14.0. The van der Waals surface area contributed by atoms with Gasteiger partial charge in [-0.2, -0.15) is 4.98 Å². The zero-order valence-electron chi connectivity index (χ0n) is 15.9. The fraction of sp³-hybridized carbons (Fsp3) is 0.421. The van der Waals surface area contributed by atoms with Crippen LogP contribution in [0.4, 0.5) is 0 Å². The third-order valence-electron chi connectivity index (χ3n) is 4.95. The molecule has 1 saturated carbocycles. The zero-order chi connectivity index (χ0) is 19.8. The lowest BCUT2D eigenvalue weighted by Gasteiger charge is -2.10. The first-order chi connectivity index (χ1) is 14.3. The Morgan fingerprint density at radius 2 is 2.14 bits per heavy atom. The molecule has 0 unspecified atom stereocenters. The Hall–Kier alpha value is -2.72. The number of aromatic nitrogens is 6. The minimum absolute atomic E-state index is 0.0691. The quantitative estimate of drug-likeness (QED) is 0.322. The maximum atomic E-state index is 13.0. The van der Waals surface area contributed by atoms with Crippen molar-refractivity contribution in [3.8, 4) is 0 Å². The Kier molecular flexibility index (Phi) is 4.80. The van der Waals surface area contributed by atoms with Crippen molar-refractivity contribution >= 4 is 28.4 Å². The number of fused-ring (bicyclic) bond motifs is 3. The van der Waals surface area contributed by atoms with E-state index in [0.717, 1.165) is 24.2 Å². The van der Waals surface area contributed by atoms with Gasteiger partial charge in [-0.1, -0.05) is 29.1 Å². The molecule has 10 heteroatoms. The van der Waals surface area contributed by atoms with E-state index in [1.165, 1.54) is 11.8 Å². The number of hydrogen-bond donors (Lipinski definition) is 0. The standard InChI is InChI=1S/C19H20N6O3S/c1-27-10-4-9-24-17(26)13-5-2-3-6-14(13)25-18(24)21-22-19(25)29-11-15-20-16(28-23-15)12-7-8-12/h2-3,5-6,12H,4,7-11H2,1H3. The van der Waals surface area contributed by atoms with Gasteiger partial charge in [-0.05, 0) is 31.4 Å². The topological polar surface area (TPSA) is 100 Å². The first kappa shape index (κ1) is 18.3. The molecule has 9 nitrogen and oxygen atoms in total. The van der Waals surface area contributed by atoms with Crippen molar-refractivity contribution in [2.45, 2.75) is 42.6 Å². The lowest BCUT2D eigenvalue weighted by atomic mass is 10.2. The smallest absolute Gasteiger partial charge is 0.262 e. The Bertz CT molecular complexity index is 1230. The summed E-state index contributed by atoms with van der Waals surface area (Å²) in [6.07, 6.45) is 2.96. The largest absolute Gasteiger partial charge is 0.385 e. The van der Waals surface area contributed by atoms with Crippen LogP contribution in [0.2, 0.25) is 0 Å². The van der Waals surface area contributed by atoms with E-state index >= 15 is 0 Å². The lowest BCUT2D eigenvalue weighted by Crippen LogP contribution is -2.24. The van der Waals surface area contributed by atoms with Gasteiger partial charge in [0.05, 0.1) is 16.7 Å². The summed E-state index contributed by atoms with van der Waals surface area (Å²) in [5.74, 6) is 2.85. The number of benzene rings is 1. The highest BCUT2D eigenvalue weighted by Gasteiger charge is 2.29. The molecule has 1 aliphatic carbocycles. The molecule has 0 bridgehead atoms. The molecule has 0 radical (unpaired) electrons. The van der Waals surface area contributed by atoms with Gasteiger partial charge in [0, 0.05) is 26.2 Å². The third kappa shape index (κ3) is 3.42. The number of thioether (sulfide) groups is 1. The molecular weight excluding hydrogens is 392 g/mol. The van der Waals surface area contributed by atoms with Crippen LogP contribution in [0.25, 0.3) is 16.7 Å². The van der Waals surface area contributed by atoms with Gasteiger partial charge in [-0.15, -0.1) is 10.2 Å². The van der Waals surface area contributed by atoms with Crippen molar-refractivity contribution in [3.05, 3.63) is 46.3 Å². The minimum Gasteiger partial charge on any atom is -0.385 e. The molecule has 1 fully saturated rings. The Morgan fingerprint density at radius 1 is 1.28 bits per heavy atom. The number of para-hydroxylation sites is 1. The van der Waals surface area contributed by atoms with E-state index in [2.05, 4.69) is 20.3 Å². The van der Waals surface area contributed by atoms with Gasteiger partial charge in [0.15, 0.2) is 11.0 Å². The predicted octanol–water partition coefficient (Wildman–Crippen LogP) is 2.63. The molecule has 0 spiro atoms. The number of hydrogen-bond acceptors (Lipinski definition) is 8. The summed E-state index contributed by atoms with van der Waals surface area (Å²) in [6.45, 7) is 1.09. The fourth-order valence-electron chi connectivity index (χ4n) is 3.35. The van der Waals surface area contributed by atoms with E-state index < -0.39 is 0 Å². The summed E-state index contributed by atoms with van der Waals surface area (Å²) < 4.78 is 14.1. The fourth-order valence-corrected chi connectivity index (χ4v) is 4.13. The van der Waals surface area contributed by atoms with E-state index in [-0.39, 0.29) is 5.56 Å². The number of ether oxygens (including phenoxy) is 1. The van der Waals surface area contributed by atoms with E-state index in [1.807, 2.05) is 28.7 Å². The van der Waals surface area contributed by atoms with Crippen molar-refractivity contribution < 1.29 is 9.26 Å². The van der Waals surface area contributed by atoms with Gasteiger partial charge in [0.2, 0.25) is 11.7 Å². The average Bonchev–Trinajstić information content (AvgIpc) is 3.33. The van der Waals surface area contributed by atoms with Crippen LogP contribution in [0.5, 0.6) is 0 Å². The molecule has 1 aromatic carbocycles. The summed E-state index contributed by atoms with van der Waals surface area (Å²) >= 11 is 1.48. The van der Waals surface area contributed by atoms with Crippen molar-refractivity contribution in [2.24, 2.45) is 0 Å². The Labute approximate surface area is 170 Å². The molecule has 3 aromatic heterocycles. The highest BCUT2D eigenvalue weighted by atomic mass is 32.2. The zero-order valence-corrected chi connectivity index (χ0v) is 16.8. The van der Waals surface area contributed by atoms with Gasteiger partial charge in [0.1, 0.15) is 0 Å². The van der Waals surface area contributed by atoms with Crippen LogP contribution >= 0.6 is 11.8 Å². The lowest BCUT2D eigenvalue weighted by molar-refractivity contribution is 0.190. The average molecular weight is 412 g/mol. The van der Waals surface area contributed by atoms with Gasteiger partial charge in [-0.25, -0.2) is 0 Å². The SMILES string of the molecule is COCCCn1c(=O)c2ccccc2n2c(SCc3noc(C4CC4)n3)nnc12. The number of rotatable bonds is 8. The molecule has 3 heterocycles. The monoisotopic (exact) mass is 412 g/mol. The van der Waals surface area contributed by atoms with Crippen molar-refractivity contribution in [1.82, 2.24) is 29.3 Å². The second-order valence-corrected chi connectivity index (χ2v) is 7.99. The van der Waals surface area contributed by atoms with Crippen LogP contribution in [0.3, 0.4) is 0 Å². The normalized spacial score (nSPS) is 14.2. The molecule has 150 valence electrons.